The van der Waals surface area contributed by atoms with Crippen LogP contribution in [0.25, 0.3) is 11.3 Å². The summed E-state index contributed by atoms with van der Waals surface area (Å²) in [6.07, 6.45) is 0.643. The third-order valence-corrected chi connectivity index (χ3v) is 4.04. The van der Waals surface area contributed by atoms with Gasteiger partial charge in [0.1, 0.15) is 11.5 Å². The summed E-state index contributed by atoms with van der Waals surface area (Å²) in [7, 11) is 0. The first-order valence-corrected chi connectivity index (χ1v) is 6.60. The van der Waals surface area contributed by atoms with Gasteiger partial charge in [0.15, 0.2) is 0 Å². The van der Waals surface area contributed by atoms with E-state index in [9.17, 15) is 4.79 Å². The molecule has 0 saturated heterocycles. The molecule has 5 heteroatoms. The first kappa shape index (κ1) is 12.6. The fourth-order valence-electron chi connectivity index (χ4n) is 2.14. The van der Waals surface area contributed by atoms with E-state index in [0.29, 0.717) is 28.0 Å². The molecule has 1 aromatic heterocycles. The maximum Gasteiger partial charge on any atom is 0.307 e. The van der Waals surface area contributed by atoms with Crippen LogP contribution in [0.1, 0.15) is 18.1 Å². The van der Waals surface area contributed by atoms with Gasteiger partial charge in [-0.25, -0.2) is 0 Å². The van der Waals surface area contributed by atoms with E-state index in [1.165, 1.54) is 0 Å². The van der Waals surface area contributed by atoms with E-state index in [1.807, 2.05) is 18.2 Å². The summed E-state index contributed by atoms with van der Waals surface area (Å²) in [5.41, 5.74) is 0.827. The normalized spacial score (nSPS) is 21.4. The van der Waals surface area contributed by atoms with E-state index in [4.69, 9.17) is 32.7 Å². The predicted octanol–water partition coefficient (Wildman–Crippen LogP) is 4.44. The average Bonchev–Trinajstić information content (AvgIpc) is 3.04. The van der Waals surface area contributed by atoms with Crippen molar-refractivity contribution >= 4 is 29.2 Å². The number of carbonyl (C=O) groups is 1. The summed E-state index contributed by atoms with van der Waals surface area (Å²) in [6, 6.07) is 8.91. The SMILES string of the molecule is O=C(O)[C@H]1C[C@@H]1c1ccc(-c2ccc(Cl)c(Cl)c2)o1. The van der Waals surface area contributed by atoms with Gasteiger partial charge in [0.05, 0.1) is 16.0 Å². The molecule has 0 unspecified atom stereocenters. The third-order valence-electron chi connectivity index (χ3n) is 3.30. The topological polar surface area (TPSA) is 50.4 Å². The number of aliphatic carboxylic acids is 1. The van der Waals surface area contributed by atoms with Crippen molar-refractivity contribution in [3.63, 3.8) is 0 Å². The quantitative estimate of drug-likeness (QED) is 0.911. The van der Waals surface area contributed by atoms with Crippen molar-refractivity contribution in [2.45, 2.75) is 12.3 Å². The van der Waals surface area contributed by atoms with E-state index < -0.39 is 5.97 Å². The number of carboxylic acids is 1. The van der Waals surface area contributed by atoms with Crippen molar-refractivity contribution in [1.82, 2.24) is 0 Å². The molecule has 0 amide bonds. The smallest absolute Gasteiger partial charge is 0.307 e. The van der Waals surface area contributed by atoms with Crippen LogP contribution in [-0.2, 0) is 4.79 Å². The second kappa shape index (κ2) is 4.58. The van der Waals surface area contributed by atoms with E-state index in [1.54, 1.807) is 12.1 Å². The monoisotopic (exact) mass is 296 g/mol. The fourth-order valence-corrected chi connectivity index (χ4v) is 2.44. The van der Waals surface area contributed by atoms with Crippen LogP contribution in [0.2, 0.25) is 10.0 Å². The Labute approximate surface area is 119 Å². The molecule has 0 radical (unpaired) electrons. The van der Waals surface area contributed by atoms with Crippen LogP contribution in [0, 0.1) is 5.92 Å². The highest BCUT2D eigenvalue weighted by atomic mass is 35.5. The summed E-state index contributed by atoms with van der Waals surface area (Å²) in [5, 5.41) is 9.86. The van der Waals surface area contributed by atoms with Crippen LogP contribution in [0.15, 0.2) is 34.7 Å². The number of hydrogen-bond donors (Lipinski definition) is 1. The van der Waals surface area contributed by atoms with Crippen molar-refractivity contribution in [3.05, 3.63) is 46.1 Å². The Balaban J connectivity index is 1.85. The van der Waals surface area contributed by atoms with E-state index in [2.05, 4.69) is 0 Å². The first-order chi connectivity index (χ1) is 9.06. The molecule has 3 nitrogen and oxygen atoms in total. The Morgan fingerprint density at radius 1 is 1.21 bits per heavy atom. The number of furan rings is 1. The van der Waals surface area contributed by atoms with Crippen molar-refractivity contribution in [2.24, 2.45) is 5.92 Å². The van der Waals surface area contributed by atoms with Crippen LogP contribution in [-0.4, -0.2) is 11.1 Å². The fraction of sp³-hybridized carbons (Fsp3) is 0.214. The zero-order valence-electron chi connectivity index (χ0n) is 9.77. The minimum atomic E-state index is -0.766. The molecule has 2 atom stereocenters. The van der Waals surface area contributed by atoms with Crippen molar-refractivity contribution < 1.29 is 14.3 Å². The van der Waals surface area contributed by atoms with Crippen molar-refractivity contribution in [2.75, 3.05) is 0 Å². The van der Waals surface area contributed by atoms with Gasteiger partial charge in [0.2, 0.25) is 0 Å². The van der Waals surface area contributed by atoms with E-state index in [0.717, 1.165) is 5.56 Å². The van der Waals surface area contributed by atoms with Gasteiger partial charge in [0.25, 0.3) is 0 Å². The lowest BCUT2D eigenvalue weighted by Gasteiger charge is -2.00. The highest BCUT2D eigenvalue weighted by molar-refractivity contribution is 6.42. The molecule has 0 aliphatic heterocycles. The third kappa shape index (κ3) is 2.36. The Morgan fingerprint density at radius 3 is 2.63 bits per heavy atom. The average molecular weight is 297 g/mol. The number of halogens is 2. The molecular weight excluding hydrogens is 287 g/mol. The molecule has 0 bridgehead atoms. The summed E-state index contributed by atoms with van der Waals surface area (Å²) >= 11 is 11.8. The molecular formula is C14H10Cl2O3. The molecule has 0 spiro atoms. The van der Waals surface area contributed by atoms with E-state index >= 15 is 0 Å². The molecule has 1 aliphatic carbocycles. The van der Waals surface area contributed by atoms with E-state index in [-0.39, 0.29) is 11.8 Å². The zero-order chi connectivity index (χ0) is 13.6. The maximum absolute atomic E-state index is 10.8. The zero-order valence-corrected chi connectivity index (χ0v) is 11.3. The molecule has 1 heterocycles. The molecule has 1 aliphatic rings. The van der Waals surface area contributed by atoms with Crippen LogP contribution in [0.5, 0.6) is 0 Å². The van der Waals surface area contributed by atoms with Crippen molar-refractivity contribution in [3.8, 4) is 11.3 Å². The maximum atomic E-state index is 10.8. The largest absolute Gasteiger partial charge is 0.481 e. The lowest BCUT2D eigenvalue weighted by atomic mass is 10.2. The van der Waals surface area contributed by atoms with Crippen LogP contribution in [0.4, 0.5) is 0 Å². The molecule has 1 aromatic carbocycles. The number of carboxylic acid groups (broad SMARTS) is 1. The second-order valence-corrected chi connectivity index (χ2v) is 5.43. The molecule has 19 heavy (non-hydrogen) atoms. The van der Waals surface area contributed by atoms with Crippen LogP contribution < -0.4 is 0 Å². The summed E-state index contributed by atoms with van der Waals surface area (Å²) < 4.78 is 5.70. The van der Waals surface area contributed by atoms with Gasteiger partial charge in [-0.3, -0.25) is 4.79 Å². The van der Waals surface area contributed by atoms with Gasteiger partial charge >= 0.3 is 5.97 Å². The Kier molecular flexibility index (Phi) is 3.03. The molecule has 1 fully saturated rings. The molecule has 3 rings (SSSR count). The van der Waals surface area contributed by atoms with Crippen LogP contribution >= 0.6 is 23.2 Å². The molecule has 98 valence electrons. The lowest BCUT2D eigenvalue weighted by molar-refractivity contribution is -0.138. The van der Waals surface area contributed by atoms with Gasteiger partial charge in [-0.1, -0.05) is 23.2 Å². The summed E-state index contributed by atoms with van der Waals surface area (Å²) in [5.74, 6) is 0.303. The van der Waals surface area contributed by atoms with Crippen molar-refractivity contribution in [1.29, 1.82) is 0 Å². The minimum Gasteiger partial charge on any atom is -0.481 e. The number of rotatable bonds is 3. The predicted molar refractivity (Wildman–Crippen MR) is 72.6 cm³/mol. The van der Waals surface area contributed by atoms with Gasteiger partial charge in [0, 0.05) is 11.5 Å². The van der Waals surface area contributed by atoms with Gasteiger partial charge in [-0.2, -0.15) is 0 Å². The summed E-state index contributed by atoms with van der Waals surface area (Å²) in [4.78, 5) is 10.8. The Hall–Kier alpha value is -1.45. The molecule has 1 N–H and O–H groups in total. The lowest BCUT2D eigenvalue weighted by Crippen LogP contribution is -1.98. The number of hydrogen-bond acceptors (Lipinski definition) is 2. The standard InChI is InChI=1S/C14H10Cl2O3/c15-10-2-1-7(5-11(10)16)12-3-4-13(19-12)8-6-9(8)14(17)18/h1-5,8-9H,6H2,(H,17,18)/t8-,9-/m0/s1. The first-order valence-electron chi connectivity index (χ1n) is 5.84. The Morgan fingerprint density at radius 2 is 2.00 bits per heavy atom. The van der Waals surface area contributed by atoms with Gasteiger partial charge < -0.3 is 9.52 Å². The number of benzene rings is 1. The summed E-state index contributed by atoms with van der Waals surface area (Å²) in [6.45, 7) is 0. The van der Waals surface area contributed by atoms with Gasteiger partial charge in [-0.15, -0.1) is 0 Å². The van der Waals surface area contributed by atoms with Crippen LogP contribution in [0.3, 0.4) is 0 Å². The second-order valence-electron chi connectivity index (χ2n) is 4.62. The highest BCUT2D eigenvalue weighted by Gasteiger charge is 2.46. The molecule has 1 saturated carbocycles. The Bertz CT molecular complexity index is 648. The minimum absolute atomic E-state index is 0.00554. The van der Waals surface area contributed by atoms with Gasteiger partial charge in [-0.05, 0) is 36.8 Å². The molecule has 2 aromatic rings. The highest BCUT2D eigenvalue weighted by Crippen LogP contribution is 2.48.